The lowest BCUT2D eigenvalue weighted by atomic mass is 9.93. The molecule has 2 aromatic rings. The van der Waals surface area contributed by atoms with E-state index in [4.69, 9.17) is 9.47 Å². The van der Waals surface area contributed by atoms with Crippen LogP contribution in [0.2, 0.25) is 0 Å². The molecule has 0 aromatic heterocycles. The highest BCUT2D eigenvalue weighted by Crippen LogP contribution is 2.25. The minimum absolute atomic E-state index is 0.0109. The molecule has 0 radical (unpaired) electrons. The van der Waals surface area contributed by atoms with Crippen molar-refractivity contribution in [3.8, 4) is 5.75 Å². The van der Waals surface area contributed by atoms with E-state index in [0.29, 0.717) is 18.9 Å². The Kier molecular flexibility index (Phi) is 12.7. The molecule has 3 N–H and O–H groups in total. The molecule has 0 bridgehead atoms. The Hall–Kier alpha value is -2.87. The normalized spacial score (nSPS) is 17.1. The number of nitrogens with zero attached hydrogens (tertiary/aromatic N) is 1. The van der Waals surface area contributed by atoms with Crippen LogP contribution in [0.3, 0.4) is 0 Å². The lowest BCUT2D eigenvalue weighted by molar-refractivity contribution is -0.0242. The van der Waals surface area contributed by atoms with Crippen molar-refractivity contribution in [1.82, 2.24) is 15.5 Å². The molecule has 3 atom stereocenters. The molecule has 7 nitrogen and oxygen atoms in total. The first-order chi connectivity index (χ1) is 19.5. The molecule has 2 amide bonds. The predicted octanol–water partition coefficient (Wildman–Crippen LogP) is 6.59. The molecule has 0 spiro atoms. The highest BCUT2D eigenvalue weighted by molar-refractivity contribution is 5.76. The molecule has 7 heteroatoms. The molecule has 1 aliphatic rings. The number of hydrogen-bond donors (Lipinski definition) is 3. The molecule has 1 aliphatic heterocycles. The van der Waals surface area contributed by atoms with Crippen molar-refractivity contribution in [2.75, 3.05) is 19.7 Å². The van der Waals surface area contributed by atoms with E-state index in [1.165, 1.54) is 0 Å². The van der Waals surface area contributed by atoms with Gasteiger partial charge in [0.25, 0.3) is 0 Å². The number of rotatable bonds is 12. The minimum Gasteiger partial charge on any atom is -0.489 e. The zero-order valence-corrected chi connectivity index (χ0v) is 25.9. The van der Waals surface area contributed by atoms with Crippen LogP contribution in [0.25, 0.3) is 0 Å². The summed E-state index contributed by atoms with van der Waals surface area (Å²) < 4.78 is 12.2. The second-order valence-corrected chi connectivity index (χ2v) is 12.4. The third kappa shape index (κ3) is 11.5. The quantitative estimate of drug-likeness (QED) is 0.253. The number of amides is 2. The van der Waals surface area contributed by atoms with Crippen LogP contribution in [0.15, 0.2) is 66.4 Å². The number of aliphatic hydroxyl groups is 1. The fourth-order valence-electron chi connectivity index (χ4n) is 4.85. The van der Waals surface area contributed by atoms with Gasteiger partial charge in [0.05, 0.1) is 17.9 Å². The highest BCUT2D eigenvalue weighted by Gasteiger charge is 2.27. The van der Waals surface area contributed by atoms with Gasteiger partial charge in [-0.05, 0) is 68.7 Å². The topological polar surface area (TPSA) is 83.1 Å². The van der Waals surface area contributed by atoms with E-state index in [1.54, 1.807) is 0 Å². The van der Waals surface area contributed by atoms with E-state index in [-0.39, 0.29) is 29.5 Å². The summed E-state index contributed by atoms with van der Waals surface area (Å²) in [6, 6.07) is 17.8. The third-order valence-electron chi connectivity index (χ3n) is 7.28. The summed E-state index contributed by atoms with van der Waals surface area (Å²) in [5.74, 6) is 0.964. The summed E-state index contributed by atoms with van der Waals surface area (Å²) in [6.45, 7) is 14.7. The average Bonchev–Trinajstić information content (AvgIpc) is 3.23. The number of likely N-dealkylation sites (tertiary alicyclic amines) is 1. The molecule has 41 heavy (non-hydrogen) atoms. The van der Waals surface area contributed by atoms with E-state index in [9.17, 15) is 9.90 Å². The van der Waals surface area contributed by atoms with Crippen molar-refractivity contribution in [3.05, 3.63) is 77.5 Å². The fraction of sp³-hybridized carbons (Fsp3) is 0.559. The Balaban J connectivity index is 1.71. The number of aliphatic hydroxyl groups excluding tert-OH is 1. The molecule has 2 aromatic carbocycles. The Morgan fingerprint density at radius 1 is 0.976 bits per heavy atom. The number of benzene rings is 2. The van der Waals surface area contributed by atoms with Crippen LogP contribution in [0.1, 0.15) is 84.3 Å². The van der Waals surface area contributed by atoms with E-state index in [1.807, 2.05) is 88.1 Å². The van der Waals surface area contributed by atoms with Gasteiger partial charge in [0.2, 0.25) is 0 Å². The van der Waals surface area contributed by atoms with Crippen LogP contribution >= 0.6 is 0 Å². The first-order valence-electron chi connectivity index (χ1n) is 15.1. The zero-order chi connectivity index (χ0) is 29.8. The average molecular weight is 566 g/mol. The SMILES string of the molecule is CC(C)/C=C(\NC(=O)N1CCCCCC1)C(O)N[C@H](COC(C)(C)C)C(C)c1ccc(OCc2ccccc2)cc1. The first-order valence-corrected chi connectivity index (χ1v) is 15.1. The molecule has 1 fully saturated rings. The Labute approximate surface area is 247 Å². The second kappa shape index (κ2) is 15.9. The summed E-state index contributed by atoms with van der Waals surface area (Å²) in [6.07, 6.45) is 5.18. The van der Waals surface area contributed by atoms with Gasteiger partial charge < -0.3 is 24.8 Å². The van der Waals surface area contributed by atoms with Crippen molar-refractivity contribution in [2.45, 2.75) is 97.6 Å². The Bertz CT molecular complexity index is 1070. The van der Waals surface area contributed by atoms with Gasteiger partial charge in [-0.15, -0.1) is 0 Å². The van der Waals surface area contributed by atoms with Crippen LogP contribution in [0.4, 0.5) is 4.79 Å². The van der Waals surface area contributed by atoms with Crippen molar-refractivity contribution < 1.29 is 19.4 Å². The van der Waals surface area contributed by atoms with Crippen molar-refractivity contribution in [2.24, 2.45) is 5.92 Å². The smallest absolute Gasteiger partial charge is 0.321 e. The molecule has 3 rings (SSSR count). The van der Waals surface area contributed by atoms with E-state index in [2.05, 4.69) is 29.7 Å². The number of carbonyl (C=O) groups excluding carboxylic acids is 1. The highest BCUT2D eigenvalue weighted by atomic mass is 16.5. The van der Waals surface area contributed by atoms with Crippen LogP contribution in [0.5, 0.6) is 5.75 Å². The van der Waals surface area contributed by atoms with Gasteiger partial charge in [-0.3, -0.25) is 5.32 Å². The number of nitrogens with one attached hydrogen (secondary N) is 2. The maximum Gasteiger partial charge on any atom is 0.321 e. The second-order valence-electron chi connectivity index (χ2n) is 12.4. The van der Waals surface area contributed by atoms with Crippen molar-refractivity contribution in [1.29, 1.82) is 0 Å². The van der Waals surface area contributed by atoms with Gasteiger partial charge >= 0.3 is 6.03 Å². The van der Waals surface area contributed by atoms with Gasteiger partial charge in [0, 0.05) is 19.1 Å². The van der Waals surface area contributed by atoms with Gasteiger partial charge in [-0.1, -0.05) is 82.2 Å². The Morgan fingerprint density at radius 2 is 1.61 bits per heavy atom. The maximum absolute atomic E-state index is 13.1. The largest absolute Gasteiger partial charge is 0.489 e. The van der Waals surface area contributed by atoms with Crippen molar-refractivity contribution >= 4 is 6.03 Å². The first kappa shape index (κ1) is 32.6. The summed E-state index contributed by atoms with van der Waals surface area (Å²) >= 11 is 0. The van der Waals surface area contributed by atoms with E-state index in [0.717, 1.165) is 55.6 Å². The van der Waals surface area contributed by atoms with Crippen LogP contribution in [0, 0.1) is 5.92 Å². The van der Waals surface area contributed by atoms with E-state index < -0.39 is 6.23 Å². The minimum atomic E-state index is -1.06. The monoisotopic (exact) mass is 565 g/mol. The summed E-state index contributed by atoms with van der Waals surface area (Å²) in [4.78, 5) is 15.0. The van der Waals surface area contributed by atoms with Gasteiger partial charge in [0.1, 0.15) is 18.6 Å². The van der Waals surface area contributed by atoms with E-state index >= 15 is 0 Å². The lowest BCUT2D eigenvalue weighted by Crippen LogP contribution is -2.50. The van der Waals surface area contributed by atoms with Crippen LogP contribution < -0.4 is 15.4 Å². The molecule has 2 unspecified atom stereocenters. The number of allylic oxidation sites excluding steroid dienone is 1. The molecule has 0 saturated carbocycles. The molecular weight excluding hydrogens is 514 g/mol. The zero-order valence-electron chi connectivity index (χ0n) is 25.9. The number of ether oxygens (including phenoxy) is 2. The predicted molar refractivity (Wildman–Crippen MR) is 166 cm³/mol. The molecule has 226 valence electrons. The Morgan fingerprint density at radius 3 is 2.20 bits per heavy atom. The van der Waals surface area contributed by atoms with Gasteiger partial charge in [-0.25, -0.2) is 4.79 Å². The standard InChI is InChI=1S/C34H51N3O4/c1-25(2)22-30(36-33(39)37-20-12-7-8-13-21-37)32(38)35-31(24-41-34(4,5)6)26(3)28-16-18-29(19-17-28)40-23-27-14-10-9-11-15-27/h9-11,14-19,22,25-26,31-32,35,38H,7-8,12-13,20-21,23-24H2,1-6H3,(H,36,39)/b30-22-/t26?,31-,32?/m1/s1. The van der Waals surface area contributed by atoms with Crippen LogP contribution in [-0.2, 0) is 11.3 Å². The molecule has 1 heterocycles. The number of urea groups is 1. The fourth-order valence-corrected chi connectivity index (χ4v) is 4.85. The molecule has 1 saturated heterocycles. The lowest BCUT2D eigenvalue weighted by Gasteiger charge is -2.32. The molecular formula is C34H51N3O4. The number of hydrogen-bond acceptors (Lipinski definition) is 5. The van der Waals surface area contributed by atoms with Crippen molar-refractivity contribution in [3.63, 3.8) is 0 Å². The summed E-state index contributed by atoms with van der Waals surface area (Å²) in [7, 11) is 0. The van der Waals surface area contributed by atoms with Crippen LogP contribution in [-0.4, -0.2) is 53.6 Å². The number of carbonyl (C=O) groups is 1. The van der Waals surface area contributed by atoms with Gasteiger partial charge in [0.15, 0.2) is 0 Å². The van der Waals surface area contributed by atoms with Gasteiger partial charge in [-0.2, -0.15) is 0 Å². The summed E-state index contributed by atoms with van der Waals surface area (Å²) in [5.41, 5.74) is 2.36. The maximum atomic E-state index is 13.1. The molecule has 0 aliphatic carbocycles. The summed E-state index contributed by atoms with van der Waals surface area (Å²) in [5, 5.41) is 17.8. The third-order valence-corrected chi connectivity index (χ3v) is 7.28.